The fraction of sp³-hybridized carbons (Fsp3) is 0.333. The van der Waals surface area contributed by atoms with Crippen molar-refractivity contribution in [2.45, 2.75) is 51.8 Å². The molecule has 26 heavy (non-hydrogen) atoms. The standard InChI is InChI=1S/C24H27NO/c1-18-7-6-8-19(15-18)17-26-24-14-13-20-9-2-5-12-22(20)23(24)16-25-21-10-3-4-11-21/h2,5-9,12-15,21,25H,3-4,10-11,16-17H2,1H3. The molecular formula is C24H27NO. The number of aryl methyl sites for hydroxylation is 1. The van der Waals surface area contributed by atoms with Crippen molar-refractivity contribution in [1.29, 1.82) is 0 Å². The van der Waals surface area contributed by atoms with Crippen molar-refractivity contribution in [2.24, 2.45) is 0 Å². The van der Waals surface area contributed by atoms with Crippen molar-refractivity contribution < 1.29 is 4.74 Å². The Morgan fingerprint density at radius 2 is 1.81 bits per heavy atom. The molecule has 0 unspecified atom stereocenters. The lowest BCUT2D eigenvalue weighted by Gasteiger charge is -2.18. The maximum absolute atomic E-state index is 6.26. The van der Waals surface area contributed by atoms with E-state index >= 15 is 0 Å². The predicted octanol–water partition coefficient (Wildman–Crippen LogP) is 5.76. The third kappa shape index (κ3) is 3.91. The Morgan fingerprint density at radius 3 is 2.65 bits per heavy atom. The Labute approximate surface area is 156 Å². The van der Waals surface area contributed by atoms with Gasteiger partial charge in [0.15, 0.2) is 0 Å². The third-order valence-corrected chi connectivity index (χ3v) is 5.40. The summed E-state index contributed by atoms with van der Waals surface area (Å²) in [4.78, 5) is 0. The number of rotatable bonds is 6. The molecule has 0 atom stereocenters. The summed E-state index contributed by atoms with van der Waals surface area (Å²) in [7, 11) is 0. The molecule has 2 nitrogen and oxygen atoms in total. The lowest BCUT2D eigenvalue weighted by molar-refractivity contribution is 0.302. The van der Waals surface area contributed by atoms with Gasteiger partial charge in [-0.15, -0.1) is 0 Å². The molecule has 2 heteroatoms. The summed E-state index contributed by atoms with van der Waals surface area (Å²) in [6, 6.07) is 22.1. The minimum Gasteiger partial charge on any atom is -0.489 e. The van der Waals surface area contributed by atoms with E-state index in [0.717, 1.165) is 12.3 Å². The Hall–Kier alpha value is -2.32. The molecule has 0 bridgehead atoms. The van der Waals surface area contributed by atoms with Crippen LogP contribution in [0.25, 0.3) is 10.8 Å². The number of fused-ring (bicyclic) bond motifs is 1. The molecule has 1 fully saturated rings. The fourth-order valence-electron chi connectivity index (χ4n) is 3.97. The van der Waals surface area contributed by atoms with Gasteiger partial charge in [0.1, 0.15) is 12.4 Å². The van der Waals surface area contributed by atoms with Crippen LogP contribution in [-0.2, 0) is 13.2 Å². The van der Waals surface area contributed by atoms with E-state index in [9.17, 15) is 0 Å². The first-order chi connectivity index (χ1) is 12.8. The minimum absolute atomic E-state index is 0.608. The van der Waals surface area contributed by atoms with Crippen LogP contribution in [0.5, 0.6) is 5.75 Å². The van der Waals surface area contributed by atoms with Gasteiger partial charge in [-0.3, -0.25) is 0 Å². The second kappa shape index (κ2) is 7.92. The van der Waals surface area contributed by atoms with Gasteiger partial charge < -0.3 is 10.1 Å². The Bertz CT molecular complexity index is 880. The molecule has 134 valence electrons. The largest absolute Gasteiger partial charge is 0.489 e. The molecule has 4 rings (SSSR count). The average Bonchev–Trinajstić information content (AvgIpc) is 3.18. The zero-order chi connectivity index (χ0) is 17.8. The van der Waals surface area contributed by atoms with E-state index < -0.39 is 0 Å². The van der Waals surface area contributed by atoms with Gasteiger partial charge in [-0.2, -0.15) is 0 Å². The Morgan fingerprint density at radius 1 is 0.962 bits per heavy atom. The minimum atomic E-state index is 0.608. The number of benzene rings is 3. The van der Waals surface area contributed by atoms with Crippen LogP contribution in [0.15, 0.2) is 60.7 Å². The van der Waals surface area contributed by atoms with E-state index in [1.165, 1.54) is 53.1 Å². The molecule has 3 aromatic carbocycles. The van der Waals surface area contributed by atoms with Crippen molar-refractivity contribution >= 4 is 10.8 Å². The number of nitrogens with one attached hydrogen (secondary N) is 1. The molecule has 0 heterocycles. The first-order valence-corrected chi connectivity index (χ1v) is 9.72. The molecule has 1 saturated carbocycles. The summed E-state index contributed by atoms with van der Waals surface area (Å²) in [6.45, 7) is 3.60. The highest BCUT2D eigenvalue weighted by atomic mass is 16.5. The van der Waals surface area contributed by atoms with Gasteiger partial charge in [0.05, 0.1) is 0 Å². The molecule has 0 amide bonds. The average molecular weight is 345 g/mol. The van der Waals surface area contributed by atoms with Crippen molar-refractivity contribution in [2.75, 3.05) is 0 Å². The first-order valence-electron chi connectivity index (χ1n) is 9.72. The van der Waals surface area contributed by atoms with Crippen molar-refractivity contribution in [3.8, 4) is 5.75 Å². The van der Waals surface area contributed by atoms with Gasteiger partial charge in [-0.1, -0.05) is 73.0 Å². The predicted molar refractivity (Wildman–Crippen MR) is 109 cm³/mol. The number of ether oxygens (including phenoxy) is 1. The molecule has 1 N–H and O–H groups in total. The number of hydrogen-bond acceptors (Lipinski definition) is 2. The Balaban J connectivity index is 1.58. The van der Waals surface area contributed by atoms with E-state index in [0.29, 0.717) is 12.6 Å². The summed E-state index contributed by atoms with van der Waals surface area (Å²) in [5.41, 5.74) is 3.77. The van der Waals surface area contributed by atoms with Gasteiger partial charge in [0.25, 0.3) is 0 Å². The van der Waals surface area contributed by atoms with Gasteiger partial charge in [0, 0.05) is 18.2 Å². The summed E-state index contributed by atoms with van der Waals surface area (Å²) in [5.74, 6) is 0.996. The fourth-order valence-corrected chi connectivity index (χ4v) is 3.97. The van der Waals surface area contributed by atoms with E-state index in [-0.39, 0.29) is 0 Å². The normalized spacial score (nSPS) is 14.8. The first kappa shape index (κ1) is 17.1. The molecule has 0 radical (unpaired) electrons. The summed E-state index contributed by atoms with van der Waals surface area (Å²) >= 11 is 0. The quantitative estimate of drug-likeness (QED) is 0.613. The van der Waals surface area contributed by atoms with Crippen LogP contribution in [0, 0.1) is 6.92 Å². The molecule has 0 saturated heterocycles. The van der Waals surface area contributed by atoms with Gasteiger partial charge in [-0.05, 0) is 42.2 Å². The maximum Gasteiger partial charge on any atom is 0.124 e. The monoisotopic (exact) mass is 345 g/mol. The van der Waals surface area contributed by atoms with Gasteiger partial charge in [-0.25, -0.2) is 0 Å². The SMILES string of the molecule is Cc1cccc(COc2ccc3ccccc3c2CNC2CCCC2)c1. The van der Waals surface area contributed by atoms with E-state index in [2.05, 4.69) is 72.9 Å². The molecule has 0 aliphatic heterocycles. The molecule has 1 aliphatic carbocycles. The lowest BCUT2D eigenvalue weighted by atomic mass is 10.0. The lowest BCUT2D eigenvalue weighted by Crippen LogP contribution is -2.25. The molecule has 3 aromatic rings. The molecule has 0 spiro atoms. The second-order valence-corrected chi connectivity index (χ2v) is 7.40. The van der Waals surface area contributed by atoms with Crippen LogP contribution in [-0.4, -0.2) is 6.04 Å². The second-order valence-electron chi connectivity index (χ2n) is 7.40. The number of hydrogen-bond donors (Lipinski definition) is 1. The van der Waals surface area contributed by atoms with Gasteiger partial charge in [0.2, 0.25) is 0 Å². The van der Waals surface area contributed by atoms with Crippen LogP contribution in [0.2, 0.25) is 0 Å². The topological polar surface area (TPSA) is 21.3 Å². The Kier molecular flexibility index (Phi) is 5.21. The summed E-state index contributed by atoms with van der Waals surface area (Å²) < 4.78 is 6.26. The van der Waals surface area contributed by atoms with E-state index in [4.69, 9.17) is 4.74 Å². The summed E-state index contributed by atoms with van der Waals surface area (Å²) in [6.07, 6.45) is 5.29. The van der Waals surface area contributed by atoms with Crippen LogP contribution in [0.3, 0.4) is 0 Å². The van der Waals surface area contributed by atoms with Crippen molar-refractivity contribution in [3.05, 3.63) is 77.4 Å². The van der Waals surface area contributed by atoms with Crippen LogP contribution < -0.4 is 10.1 Å². The van der Waals surface area contributed by atoms with Crippen LogP contribution in [0.4, 0.5) is 0 Å². The molecule has 1 aliphatic rings. The third-order valence-electron chi connectivity index (χ3n) is 5.40. The van der Waals surface area contributed by atoms with E-state index in [1.54, 1.807) is 0 Å². The zero-order valence-electron chi connectivity index (χ0n) is 15.5. The van der Waals surface area contributed by atoms with Gasteiger partial charge >= 0.3 is 0 Å². The highest BCUT2D eigenvalue weighted by Gasteiger charge is 2.16. The zero-order valence-corrected chi connectivity index (χ0v) is 15.5. The highest BCUT2D eigenvalue weighted by molar-refractivity contribution is 5.87. The highest BCUT2D eigenvalue weighted by Crippen LogP contribution is 2.29. The van der Waals surface area contributed by atoms with Crippen LogP contribution >= 0.6 is 0 Å². The van der Waals surface area contributed by atoms with Crippen molar-refractivity contribution in [1.82, 2.24) is 5.32 Å². The summed E-state index contributed by atoms with van der Waals surface area (Å²) in [5, 5.41) is 6.33. The van der Waals surface area contributed by atoms with Crippen molar-refractivity contribution in [3.63, 3.8) is 0 Å². The van der Waals surface area contributed by atoms with E-state index in [1.807, 2.05) is 0 Å². The molecular weight excluding hydrogens is 318 g/mol. The van der Waals surface area contributed by atoms with Crippen LogP contribution in [0.1, 0.15) is 42.4 Å². The molecule has 0 aromatic heterocycles. The smallest absolute Gasteiger partial charge is 0.124 e. The maximum atomic E-state index is 6.26.